The zero-order valence-corrected chi connectivity index (χ0v) is 26.4. The number of amides is 2. The zero-order valence-electron chi connectivity index (χ0n) is 25.6. The van der Waals surface area contributed by atoms with Crippen LogP contribution in [0.25, 0.3) is 0 Å². The van der Waals surface area contributed by atoms with Crippen molar-refractivity contribution in [2.24, 2.45) is 5.92 Å². The second-order valence-corrected chi connectivity index (χ2v) is 13.9. The number of nitrogens with one attached hydrogen (secondary N) is 2. The number of rotatable bonds is 9. The van der Waals surface area contributed by atoms with Gasteiger partial charge in [0.15, 0.2) is 0 Å². The number of anilines is 4. The molecule has 13 heteroatoms. The molecule has 2 aromatic carbocycles. The molecule has 5 rings (SSSR count). The van der Waals surface area contributed by atoms with Gasteiger partial charge in [-0.3, -0.25) is 14.5 Å². The molecule has 2 N–H and O–H groups in total. The van der Waals surface area contributed by atoms with Crippen molar-refractivity contribution in [3.8, 4) is 0 Å². The van der Waals surface area contributed by atoms with Crippen molar-refractivity contribution in [3.05, 3.63) is 71.4 Å². The van der Waals surface area contributed by atoms with Gasteiger partial charge in [-0.15, -0.1) is 0 Å². The normalized spacial score (nSPS) is 20.7. The molecule has 0 unspecified atom stereocenters. The Bertz CT molecular complexity index is 1620. The van der Waals surface area contributed by atoms with E-state index in [4.69, 9.17) is 4.98 Å². The van der Waals surface area contributed by atoms with Crippen LogP contribution < -0.4 is 19.8 Å². The maximum atomic E-state index is 15.2. The SMILES string of the molecule is CC(C)N1C(=O)N(c2ccc(NS(=O)(=O)Cc3ccc(F)cc3)c(F)c2)Cc2cnc(N[C@@H]3CC[C@@H](N(C)C)C[C@@H]3C)nc21. The number of carbonyl (C=O) groups excluding carboxylic acids is 1. The monoisotopic (exact) mass is 627 g/mol. The molecule has 1 aliphatic carbocycles. The Morgan fingerprint density at radius 1 is 1.09 bits per heavy atom. The number of nitrogens with zero attached hydrogens (tertiary/aromatic N) is 5. The molecule has 3 aromatic rings. The quantitative estimate of drug-likeness (QED) is 0.319. The average molecular weight is 628 g/mol. The van der Waals surface area contributed by atoms with E-state index in [1.807, 2.05) is 13.8 Å². The lowest BCUT2D eigenvalue weighted by Gasteiger charge is -2.39. The summed E-state index contributed by atoms with van der Waals surface area (Å²) in [6.45, 7) is 6.11. The summed E-state index contributed by atoms with van der Waals surface area (Å²) in [7, 11) is 0.241. The number of fused-ring (bicyclic) bond motifs is 1. The van der Waals surface area contributed by atoms with E-state index >= 15 is 4.39 Å². The first-order valence-corrected chi connectivity index (χ1v) is 16.4. The first kappa shape index (κ1) is 31.6. The van der Waals surface area contributed by atoms with E-state index in [1.165, 1.54) is 29.2 Å². The molecule has 0 radical (unpaired) electrons. The molecule has 1 aliphatic heterocycles. The number of benzene rings is 2. The maximum absolute atomic E-state index is 15.2. The molecular weight excluding hydrogens is 588 g/mol. The van der Waals surface area contributed by atoms with E-state index in [-0.39, 0.29) is 36.0 Å². The fraction of sp³-hybridized carbons (Fsp3) is 0.452. The van der Waals surface area contributed by atoms with Crippen LogP contribution in [0.5, 0.6) is 0 Å². The summed E-state index contributed by atoms with van der Waals surface area (Å²) in [5.74, 6) is -0.360. The lowest BCUT2D eigenvalue weighted by atomic mass is 9.82. The van der Waals surface area contributed by atoms with Gasteiger partial charge in [0, 0.05) is 35.6 Å². The summed E-state index contributed by atoms with van der Waals surface area (Å²) in [4.78, 5) is 28.3. The zero-order chi connectivity index (χ0) is 31.8. The van der Waals surface area contributed by atoms with Crippen molar-refractivity contribution < 1.29 is 22.0 Å². The highest BCUT2D eigenvalue weighted by atomic mass is 32.2. The van der Waals surface area contributed by atoms with Crippen LogP contribution >= 0.6 is 0 Å². The Morgan fingerprint density at radius 3 is 2.45 bits per heavy atom. The third-order valence-corrected chi connectivity index (χ3v) is 9.58. The minimum Gasteiger partial charge on any atom is -0.351 e. The molecule has 10 nitrogen and oxygen atoms in total. The third kappa shape index (κ3) is 6.94. The van der Waals surface area contributed by atoms with Crippen molar-refractivity contribution in [1.29, 1.82) is 0 Å². The van der Waals surface area contributed by atoms with Gasteiger partial charge in [0.1, 0.15) is 17.5 Å². The minimum atomic E-state index is -3.98. The van der Waals surface area contributed by atoms with E-state index in [0.717, 1.165) is 37.5 Å². The van der Waals surface area contributed by atoms with E-state index in [9.17, 15) is 17.6 Å². The summed E-state index contributed by atoms with van der Waals surface area (Å²) < 4.78 is 55.9. The molecule has 236 valence electrons. The largest absolute Gasteiger partial charge is 0.351 e. The van der Waals surface area contributed by atoms with Crippen LogP contribution in [-0.4, -0.2) is 61.5 Å². The molecule has 2 aliphatic rings. The fourth-order valence-electron chi connectivity index (χ4n) is 5.89. The molecule has 0 spiro atoms. The van der Waals surface area contributed by atoms with Crippen LogP contribution in [0.3, 0.4) is 0 Å². The van der Waals surface area contributed by atoms with Crippen LogP contribution in [-0.2, 0) is 22.3 Å². The molecule has 1 aromatic heterocycles. The van der Waals surface area contributed by atoms with Gasteiger partial charge < -0.3 is 10.2 Å². The third-order valence-electron chi connectivity index (χ3n) is 8.34. The summed E-state index contributed by atoms with van der Waals surface area (Å²) in [5, 5.41) is 3.49. The van der Waals surface area contributed by atoms with Gasteiger partial charge in [-0.05, 0) is 89.0 Å². The van der Waals surface area contributed by atoms with Crippen molar-refractivity contribution in [1.82, 2.24) is 14.9 Å². The molecule has 2 amide bonds. The Labute approximate surface area is 257 Å². The Morgan fingerprint density at radius 2 is 1.82 bits per heavy atom. The molecular formula is C31H39F2N7O3S. The Kier molecular flexibility index (Phi) is 9.07. The van der Waals surface area contributed by atoms with Crippen molar-refractivity contribution in [3.63, 3.8) is 0 Å². The summed E-state index contributed by atoms with van der Waals surface area (Å²) in [6.07, 6.45) is 4.85. The van der Waals surface area contributed by atoms with Gasteiger partial charge in [0.05, 0.1) is 18.0 Å². The molecule has 1 fully saturated rings. The predicted octanol–water partition coefficient (Wildman–Crippen LogP) is 5.58. The Hall–Kier alpha value is -3.84. The van der Waals surface area contributed by atoms with Crippen molar-refractivity contribution in [2.75, 3.05) is 33.9 Å². The summed E-state index contributed by atoms with van der Waals surface area (Å²) in [6, 6.07) is 9.08. The molecule has 1 saturated carbocycles. The van der Waals surface area contributed by atoms with Gasteiger partial charge in [0.2, 0.25) is 16.0 Å². The van der Waals surface area contributed by atoms with E-state index < -0.39 is 27.4 Å². The van der Waals surface area contributed by atoms with Crippen LogP contribution in [0, 0.1) is 17.6 Å². The standard InChI is InChI=1S/C31H39F2N7O3S/c1-19(2)40-29-22(16-34-30(36-29)35-27-12-10-24(38(4)5)14-20(27)3)17-39(31(40)41)25-11-13-28(26(33)15-25)37-44(42,43)18-21-6-8-23(32)9-7-21/h6-9,11,13,15-16,19-20,24,27,37H,10,12,14,17-18H2,1-5H3,(H,34,35,36)/t20-,24+,27+/m0/s1. The number of hydrogen-bond donors (Lipinski definition) is 2. The van der Waals surface area contributed by atoms with Crippen LogP contribution in [0.4, 0.5) is 36.7 Å². The first-order valence-electron chi connectivity index (χ1n) is 14.8. The van der Waals surface area contributed by atoms with Gasteiger partial charge >= 0.3 is 6.03 Å². The number of hydrogen-bond acceptors (Lipinski definition) is 7. The molecule has 2 heterocycles. The van der Waals surface area contributed by atoms with Gasteiger partial charge in [-0.25, -0.2) is 27.0 Å². The van der Waals surface area contributed by atoms with Crippen LogP contribution in [0.15, 0.2) is 48.7 Å². The predicted molar refractivity (Wildman–Crippen MR) is 168 cm³/mol. The fourth-order valence-corrected chi connectivity index (χ4v) is 7.09. The lowest BCUT2D eigenvalue weighted by molar-refractivity contribution is 0.182. The van der Waals surface area contributed by atoms with E-state index in [0.29, 0.717) is 34.9 Å². The van der Waals surface area contributed by atoms with Crippen LogP contribution in [0.2, 0.25) is 0 Å². The number of aromatic nitrogens is 2. The van der Waals surface area contributed by atoms with E-state index in [2.05, 4.69) is 40.9 Å². The smallest absolute Gasteiger partial charge is 0.330 e. The first-order chi connectivity index (χ1) is 20.8. The molecule has 0 bridgehead atoms. The molecule has 0 saturated heterocycles. The second kappa shape index (κ2) is 12.6. The topological polar surface area (TPSA) is 111 Å². The number of urea groups is 1. The van der Waals surface area contributed by atoms with Gasteiger partial charge in [-0.2, -0.15) is 4.98 Å². The summed E-state index contributed by atoms with van der Waals surface area (Å²) >= 11 is 0. The molecule has 44 heavy (non-hydrogen) atoms. The minimum absolute atomic E-state index is 0.122. The highest BCUT2D eigenvalue weighted by Gasteiger charge is 2.36. The van der Waals surface area contributed by atoms with E-state index in [1.54, 1.807) is 11.1 Å². The Balaban J connectivity index is 1.33. The average Bonchev–Trinajstić information content (AvgIpc) is 2.95. The van der Waals surface area contributed by atoms with Crippen LogP contribution in [0.1, 0.15) is 51.2 Å². The van der Waals surface area contributed by atoms with Crippen molar-refractivity contribution >= 4 is 39.2 Å². The number of halogens is 2. The molecule has 3 atom stereocenters. The second-order valence-electron chi connectivity index (χ2n) is 12.2. The maximum Gasteiger partial charge on any atom is 0.330 e. The summed E-state index contributed by atoms with van der Waals surface area (Å²) in [5.41, 5.74) is 1.07. The highest BCUT2D eigenvalue weighted by Crippen LogP contribution is 2.35. The van der Waals surface area contributed by atoms with Crippen molar-refractivity contribution in [2.45, 2.75) is 70.5 Å². The lowest BCUT2D eigenvalue weighted by Crippen LogP contribution is -2.51. The van der Waals surface area contributed by atoms with Gasteiger partial charge in [-0.1, -0.05) is 19.1 Å². The van der Waals surface area contributed by atoms with Gasteiger partial charge in [0.25, 0.3) is 0 Å². The highest BCUT2D eigenvalue weighted by molar-refractivity contribution is 7.91. The number of carbonyl (C=O) groups is 1. The number of sulfonamides is 1.